The molecule has 0 aliphatic carbocycles. The molecular formula is C28H36Cl2FN5O3. The molecule has 2 aliphatic heterocycles. The zero-order chi connectivity index (χ0) is 27.9. The number of rotatable bonds is 10. The third-order valence-corrected chi connectivity index (χ3v) is 7.87. The molecule has 2 unspecified atom stereocenters. The van der Waals surface area contributed by atoms with E-state index in [2.05, 4.69) is 15.5 Å². The van der Waals surface area contributed by atoms with Gasteiger partial charge in [0.2, 0.25) is 11.8 Å². The molecule has 2 aromatic rings. The number of nitrogens with zero attached hydrogens (tertiary/aromatic N) is 3. The monoisotopic (exact) mass is 579 g/mol. The maximum atomic E-state index is 14.8. The molecule has 2 aromatic carbocycles. The summed E-state index contributed by atoms with van der Waals surface area (Å²) in [4.78, 5) is 32.2. The van der Waals surface area contributed by atoms with E-state index in [4.69, 9.17) is 27.9 Å². The topological polar surface area (TPSA) is 77.2 Å². The minimum Gasteiger partial charge on any atom is -0.383 e. The van der Waals surface area contributed by atoms with Crippen LogP contribution in [0.2, 0.25) is 10.0 Å². The SMILES string of the molecule is COCC(C)NCc1c(F)cccc1N1CCN(C(=O)C(Cc2ccc(Cl)cc2Cl)N2CCNCC2=O)CC1. The fourth-order valence-corrected chi connectivity index (χ4v) is 5.64. The van der Waals surface area contributed by atoms with Crippen molar-refractivity contribution in [3.63, 3.8) is 0 Å². The van der Waals surface area contributed by atoms with Crippen LogP contribution in [0.5, 0.6) is 0 Å². The molecule has 212 valence electrons. The molecule has 2 N–H and O–H groups in total. The first-order valence-corrected chi connectivity index (χ1v) is 14.0. The van der Waals surface area contributed by atoms with Crippen molar-refractivity contribution in [2.45, 2.75) is 32.0 Å². The number of hydrogen-bond donors (Lipinski definition) is 2. The lowest BCUT2D eigenvalue weighted by Gasteiger charge is -2.41. The van der Waals surface area contributed by atoms with Crippen LogP contribution in [-0.2, 0) is 27.3 Å². The van der Waals surface area contributed by atoms with E-state index < -0.39 is 6.04 Å². The number of benzene rings is 2. The Balaban J connectivity index is 1.47. The molecule has 11 heteroatoms. The van der Waals surface area contributed by atoms with E-state index in [1.807, 2.05) is 19.1 Å². The van der Waals surface area contributed by atoms with Crippen molar-refractivity contribution in [1.82, 2.24) is 20.4 Å². The molecule has 2 heterocycles. The molecule has 0 aromatic heterocycles. The van der Waals surface area contributed by atoms with Gasteiger partial charge in [0.05, 0.1) is 13.2 Å². The van der Waals surface area contributed by atoms with Crippen molar-refractivity contribution in [1.29, 1.82) is 0 Å². The Bertz CT molecular complexity index is 1160. The van der Waals surface area contributed by atoms with E-state index in [1.54, 1.807) is 35.1 Å². The van der Waals surface area contributed by atoms with Crippen molar-refractivity contribution < 1.29 is 18.7 Å². The second-order valence-corrected chi connectivity index (χ2v) is 10.9. The predicted molar refractivity (Wildman–Crippen MR) is 152 cm³/mol. The molecule has 2 saturated heterocycles. The average molecular weight is 581 g/mol. The molecule has 0 bridgehead atoms. The highest BCUT2D eigenvalue weighted by atomic mass is 35.5. The summed E-state index contributed by atoms with van der Waals surface area (Å²) >= 11 is 12.5. The summed E-state index contributed by atoms with van der Waals surface area (Å²) in [6.07, 6.45) is 0.306. The van der Waals surface area contributed by atoms with Gasteiger partial charge in [-0.2, -0.15) is 0 Å². The molecular weight excluding hydrogens is 544 g/mol. The van der Waals surface area contributed by atoms with Crippen LogP contribution in [0.15, 0.2) is 36.4 Å². The van der Waals surface area contributed by atoms with E-state index in [0.29, 0.717) is 74.4 Å². The molecule has 39 heavy (non-hydrogen) atoms. The Morgan fingerprint density at radius 2 is 1.92 bits per heavy atom. The fourth-order valence-electron chi connectivity index (χ4n) is 5.16. The summed E-state index contributed by atoms with van der Waals surface area (Å²) in [7, 11) is 1.64. The van der Waals surface area contributed by atoms with E-state index in [-0.39, 0.29) is 30.2 Å². The molecule has 0 radical (unpaired) electrons. The van der Waals surface area contributed by atoms with Crippen molar-refractivity contribution >= 4 is 40.7 Å². The van der Waals surface area contributed by atoms with Gasteiger partial charge < -0.3 is 30.1 Å². The normalized spacial score (nSPS) is 17.9. The minimum atomic E-state index is -0.666. The number of carbonyl (C=O) groups is 2. The van der Waals surface area contributed by atoms with Gasteiger partial charge in [-0.25, -0.2) is 4.39 Å². The van der Waals surface area contributed by atoms with Gasteiger partial charge in [-0.3, -0.25) is 9.59 Å². The molecule has 2 amide bonds. The van der Waals surface area contributed by atoms with Gasteiger partial charge in [0.1, 0.15) is 11.9 Å². The number of methoxy groups -OCH3 is 1. The van der Waals surface area contributed by atoms with Crippen LogP contribution in [0.1, 0.15) is 18.1 Å². The lowest BCUT2D eigenvalue weighted by atomic mass is 10.0. The smallest absolute Gasteiger partial charge is 0.245 e. The number of hydrogen-bond acceptors (Lipinski definition) is 6. The summed E-state index contributed by atoms with van der Waals surface area (Å²) in [5, 5.41) is 7.37. The number of nitrogens with one attached hydrogen (secondary N) is 2. The largest absolute Gasteiger partial charge is 0.383 e. The first-order chi connectivity index (χ1) is 18.8. The quantitative estimate of drug-likeness (QED) is 0.450. The number of anilines is 1. The summed E-state index contributed by atoms with van der Waals surface area (Å²) in [5.74, 6) is -0.478. The highest BCUT2D eigenvalue weighted by Crippen LogP contribution is 2.27. The van der Waals surface area contributed by atoms with Crippen LogP contribution in [-0.4, -0.2) is 93.2 Å². The average Bonchev–Trinajstić information content (AvgIpc) is 2.92. The van der Waals surface area contributed by atoms with Gasteiger partial charge in [0, 0.05) is 86.7 Å². The summed E-state index contributed by atoms with van der Waals surface area (Å²) < 4.78 is 20.0. The van der Waals surface area contributed by atoms with Gasteiger partial charge in [-0.05, 0) is 36.8 Å². The van der Waals surface area contributed by atoms with Crippen LogP contribution < -0.4 is 15.5 Å². The molecule has 4 rings (SSSR count). The maximum absolute atomic E-state index is 14.8. The zero-order valence-electron chi connectivity index (χ0n) is 22.4. The number of amides is 2. The third-order valence-electron chi connectivity index (χ3n) is 7.29. The van der Waals surface area contributed by atoms with Crippen LogP contribution in [0.4, 0.5) is 10.1 Å². The van der Waals surface area contributed by atoms with Gasteiger partial charge in [-0.1, -0.05) is 35.3 Å². The second kappa shape index (κ2) is 13.8. The van der Waals surface area contributed by atoms with Crippen LogP contribution in [0, 0.1) is 5.82 Å². The van der Waals surface area contributed by atoms with Gasteiger partial charge in [0.25, 0.3) is 0 Å². The highest BCUT2D eigenvalue weighted by Gasteiger charge is 2.36. The summed E-state index contributed by atoms with van der Waals surface area (Å²) in [5.41, 5.74) is 2.19. The molecule has 2 aliphatic rings. The summed E-state index contributed by atoms with van der Waals surface area (Å²) in [6, 6.07) is 9.72. The Hall–Kier alpha value is -2.43. The number of piperazine rings is 2. The van der Waals surface area contributed by atoms with Crippen molar-refractivity contribution in [3.8, 4) is 0 Å². The molecule has 2 fully saturated rings. The van der Waals surface area contributed by atoms with Gasteiger partial charge in [0.15, 0.2) is 0 Å². The Kier molecular flexibility index (Phi) is 10.4. The van der Waals surface area contributed by atoms with Crippen molar-refractivity contribution in [2.24, 2.45) is 0 Å². The highest BCUT2D eigenvalue weighted by molar-refractivity contribution is 6.35. The third kappa shape index (κ3) is 7.41. The molecule has 0 spiro atoms. The van der Waals surface area contributed by atoms with Crippen LogP contribution in [0.25, 0.3) is 0 Å². The maximum Gasteiger partial charge on any atom is 0.245 e. The Morgan fingerprint density at radius 3 is 2.62 bits per heavy atom. The van der Waals surface area contributed by atoms with Gasteiger partial charge >= 0.3 is 0 Å². The van der Waals surface area contributed by atoms with Crippen LogP contribution in [0.3, 0.4) is 0 Å². The van der Waals surface area contributed by atoms with E-state index in [0.717, 1.165) is 11.3 Å². The van der Waals surface area contributed by atoms with Crippen molar-refractivity contribution in [2.75, 3.05) is 64.4 Å². The minimum absolute atomic E-state index is 0.0794. The predicted octanol–water partition coefficient (Wildman–Crippen LogP) is 2.95. The first kappa shape index (κ1) is 29.6. The Morgan fingerprint density at radius 1 is 1.15 bits per heavy atom. The number of carbonyl (C=O) groups excluding carboxylic acids is 2. The van der Waals surface area contributed by atoms with Crippen LogP contribution >= 0.6 is 23.2 Å². The number of ether oxygens (including phenoxy) is 1. The van der Waals surface area contributed by atoms with E-state index in [9.17, 15) is 14.0 Å². The lowest BCUT2D eigenvalue weighted by molar-refractivity contribution is -0.146. The molecule has 0 saturated carbocycles. The van der Waals surface area contributed by atoms with Gasteiger partial charge in [-0.15, -0.1) is 0 Å². The summed E-state index contributed by atoms with van der Waals surface area (Å²) in [6.45, 7) is 6.21. The second-order valence-electron chi connectivity index (χ2n) is 10.0. The first-order valence-electron chi connectivity index (χ1n) is 13.3. The standard InChI is InChI=1S/C28H36Cl2FN5O3/c1-19(18-39-2)33-16-22-24(31)4-3-5-25(22)34-10-12-35(13-11-34)28(38)26(36-9-8-32-17-27(36)37)14-20-6-7-21(29)15-23(20)30/h3-7,15,19,26,32-33H,8-14,16-18H2,1-2H3. The fraction of sp³-hybridized carbons (Fsp3) is 0.500. The molecule has 8 nitrogen and oxygen atoms in total. The molecule has 2 atom stereocenters. The lowest BCUT2D eigenvalue weighted by Crippen LogP contribution is -2.60. The van der Waals surface area contributed by atoms with Crippen molar-refractivity contribution in [3.05, 3.63) is 63.4 Å². The van der Waals surface area contributed by atoms with E-state index >= 15 is 0 Å². The number of halogens is 3. The Labute approximate surface area is 239 Å². The van der Waals surface area contributed by atoms with E-state index in [1.165, 1.54) is 6.07 Å². The zero-order valence-corrected chi connectivity index (χ0v) is 23.9.